The maximum Gasteiger partial charge on any atom is 0.150 e. The van der Waals surface area contributed by atoms with Crippen molar-refractivity contribution in [2.24, 2.45) is 5.92 Å². The third-order valence-electron chi connectivity index (χ3n) is 4.51. The van der Waals surface area contributed by atoms with E-state index in [1.54, 1.807) is 7.11 Å². The highest BCUT2D eigenvalue weighted by molar-refractivity contribution is 5.92. The van der Waals surface area contributed by atoms with Gasteiger partial charge in [-0.1, -0.05) is 6.92 Å². The number of nitriles is 1. The lowest BCUT2D eigenvalue weighted by Crippen LogP contribution is -2.49. The van der Waals surface area contributed by atoms with E-state index in [2.05, 4.69) is 22.2 Å². The summed E-state index contributed by atoms with van der Waals surface area (Å²) in [5, 5.41) is 12.7. The van der Waals surface area contributed by atoms with E-state index in [-0.39, 0.29) is 11.6 Å². The molecule has 0 bridgehead atoms. The van der Waals surface area contributed by atoms with Crippen LogP contribution in [0.3, 0.4) is 0 Å². The van der Waals surface area contributed by atoms with E-state index in [1.807, 2.05) is 11.0 Å². The van der Waals surface area contributed by atoms with E-state index in [4.69, 9.17) is 4.74 Å². The predicted molar refractivity (Wildman–Crippen MR) is 93.9 cm³/mol. The van der Waals surface area contributed by atoms with Crippen LogP contribution in [0.25, 0.3) is 11.0 Å². The minimum absolute atomic E-state index is 0.212. The first kappa shape index (κ1) is 17.5. The quantitative estimate of drug-likeness (QED) is 0.838. The van der Waals surface area contributed by atoms with Crippen molar-refractivity contribution in [1.82, 2.24) is 15.3 Å². The summed E-state index contributed by atoms with van der Waals surface area (Å²) < 4.78 is 19.9. The van der Waals surface area contributed by atoms with Crippen molar-refractivity contribution >= 4 is 16.7 Å². The lowest BCUT2D eigenvalue weighted by molar-refractivity contribution is 0.192. The first-order chi connectivity index (χ1) is 12.1. The number of ether oxygens (including phenoxy) is 1. The van der Waals surface area contributed by atoms with Gasteiger partial charge in [-0.3, -0.25) is 9.97 Å². The summed E-state index contributed by atoms with van der Waals surface area (Å²) in [5.41, 5.74) is 1.55. The van der Waals surface area contributed by atoms with E-state index >= 15 is 0 Å². The number of fused-ring (bicyclic) bond motifs is 1. The topological polar surface area (TPSA) is 74.1 Å². The second kappa shape index (κ2) is 7.72. The van der Waals surface area contributed by atoms with Gasteiger partial charge < -0.3 is 15.0 Å². The van der Waals surface area contributed by atoms with Crippen molar-refractivity contribution < 1.29 is 9.13 Å². The normalized spacial score (nSPS) is 20.6. The molecular formula is C18H22FN5O. The van der Waals surface area contributed by atoms with Crippen LogP contribution in [0.5, 0.6) is 0 Å². The highest BCUT2D eigenvalue weighted by atomic mass is 19.1. The Morgan fingerprint density at radius 1 is 1.36 bits per heavy atom. The standard InChI is InChI=1S/C18H22FN5O/c1-12-7-14(21-5-6-25-2)11-24(10-12)18-15(19)8-13(9-20)16-17(18)23-4-3-22-16/h3-4,8,12,14,21H,5-7,10-11H2,1-2H3/t12-,14+/m0/s1. The average Bonchev–Trinajstić information content (AvgIpc) is 2.60. The molecule has 1 fully saturated rings. The van der Waals surface area contributed by atoms with Crippen LogP contribution in [0.4, 0.5) is 10.1 Å². The van der Waals surface area contributed by atoms with Gasteiger partial charge in [-0.2, -0.15) is 5.26 Å². The molecule has 1 aromatic carbocycles. The van der Waals surface area contributed by atoms with Gasteiger partial charge in [0.1, 0.15) is 28.6 Å². The molecule has 1 saturated heterocycles. The Labute approximate surface area is 146 Å². The van der Waals surface area contributed by atoms with E-state index < -0.39 is 5.82 Å². The molecule has 1 aliphatic rings. The summed E-state index contributed by atoms with van der Waals surface area (Å²) in [5.74, 6) is -0.00940. The summed E-state index contributed by atoms with van der Waals surface area (Å²) >= 11 is 0. The molecule has 2 heterocycles. The largest absolute Gasteiger partial charge is 0.383 e. The Morgan fingerprint density at radius 2 is 2.12 bits per heavy atom. The fraction of sp³-hybridized carbons (Fsp3) is 0.500. The third-order valence-corrected chi connectivity index (χ3v) is 4.51. The van der Waals surface area contributed by atoms with Crippen LogP contribution in [-0.4, -0.2) is 49.4 Å². The summed E-state index contributed by atoms with van der Waals surface area (Å²) in [6.45, 7) is 4.99. The van der Waals surface area contributed by atoms with Crippen molar-refractivity contribution in [2.45, 2.75) is 19.4 Å². The molecule has 132 valence electrons. The number of anilines is 1. The monoisotopic (exact) mass is 343 g/mol. The zero-order valence-corrected chi connectivity index (χ0v) is 14.5. The molecular weight excluding hydrogens is 321 g/mol. The molecule has 0 unspecified atom stereocenters. The second-order valence-electron chi connectivity index (χ2n) is 6.51. The van der Waals surface area contributed by atoms with Crippen LogP contribution >= 0.6 is 0 Å². The van der Waals surface area contributed by atoms with Crippen LogP contribution in [0.1, 0.15) is 18.9 Å². The Kier molecular flexibility index (Phi) is 5.41. The number of benzene rings is 1. The molecule has 1 N–H and O–H groups in total. The molecule has 25 heavy (non-hydrogen) atoms. The molecule has 0 radical (unpaired) electrons. The highest BCUT2D eigenvalue weighted by Crippen LogP contribution is 2.32. The molecule has 1 aromatic heterocycles. The zero-order chi connectivity index (χ0) is 17.8. The van der Waals surface area contributed by atoms with E-state index in [0.29, 0.717) is 35.8 Å². The molecule has 0 saturated carbocycles. The van der Waals surface area contributed by atoms with Crippen LogP contribution in [0.2, 0.25) is 0 Å². The molecule has 0 aliphatic carbocycles. The number of methoxy groups -OCH3 is 1. The maximum atomic E-state index is 14.8. The lowest BCUT2D eigenvalue weighted by atomic mass is 9.95. The number of halogens is 1. The van der Waals surface area contributed by atoms with Crippen molar-refractivity contribution in [2.75, 3.05) is 38.3 Å². The zero-order valence-electron chi connectivity index (χ0n) is 14.5. The highest BCUT2D eigenvalue weighted by Gasteiger charge is 2.28. The molecule has 0 amide bonds. The lowest BCUT2D eigenvalue weighted by Gasteiger charge is -2.38. The van der Waals surface area contributed by atoms with Gasteiger partial charge in [-0.15, -0.1) is 0 Å². The minimum atomic E-state index is -0.422. The summed E-state index contributed by atoms with van der Waals surface area (Å²) in [7, 11) is 1.68. The molecule has 2 atom stereocenters. The van der Waals surface area contributed by atoms with Crippen molar-refractivity contribution in [3.8, 4) is 6.07 Å². The first-order valence-electron chi connectivity index (χ1n) is 8.44. The maximum absolute atomic E-state index is 14.8. The fourth-order valence-corrected chi connectivity index (χ4v) is 3.52. The van der Waals surface area contributed by atoms with Gasteiger partial charge in [0.2, 0.25) is 0 Å². The Hall–Kier alpha value is -2.30. The summed E-state index contributed by atoms with van der Waals surface area (Å²) in [4.78, 5) is 10.6. The third kappa shape index (κ3) is 3.70. The average molecular weight is 343 g/mol. The summed E-state index contributed by atoms with van der Waals surface area (Å²) in [6, 6.07) is 3.52. The minimum Gasteiger partial charge on any atom is -0.383 e. The number of nitrogens with one attached hydrogen (secondary N) is 1. The number of piperidine rings is 1. The van der Waals surface area contributed by atoms with Gasteiger partial charge in [0.25, 0.3) is 0 Å². The van der Waals surface area contributed by atoms with Gasteiger partial charge in [0.15, 0.2) is 0 Å². The molecule has 0 spiro atoms. The molecule has 1 aliphatic heterocycles. The van der Waals surface area contributed by atoms with Gasteiger partial charge in [-0.25, -0.2) is 4.39 Å². The fourth-order valence-electron chi connectivity index (χ4n) is 3.52. The van der Waals surface area contributed by atoms with E-state index in [1.165, 1.54) is 18.5 Å². The molecule has 6 nitrogen and oxygen atoms in total. The molecule has 3 rings (SSSR count). The number of hydrogen-bond acceptors (Lipinski definition) is 6. The smallest absolute Gasteiger partial charge is 0.150 e. The van der Waals surface area contributed by atoms with Gasteiger partial charge >= 0.3 is 0 Å². The van der Waals surface area contributed by atoms with Gasteiger partial charge in [0, 0.05) is 45.2 Å². The Morgan fingerprint density at radius 3 is 2.84 bits per heavy atom. The number of nitrogens with zero attached hydrogens (tertiary/aromatic N) is 4. The van der Waals surface area contributed by atoms with Crippen LogP contribution in [-0.2, 0) is 4.74 Å². The number of rotatable bonds is 5. The van der Waals surface area contributed by atoms with E-state index in [9.17, 15) is 9.65 Å². The predicted octanol–water partition coefficient (Wildman–Crippen LogP) is 2.09. The first-order valence-corrected chi connectivity index (χ1v) is 8.44. The molecule has 2 aromatic rings. The Bertz CT molecular complexity index is 791. The van der Waals surface area contributed by atoms with Crippen molar-refractivity contribution in [1.29, 1.82) is 5.26 Å². The van der Waals surface area contributed by atoms with Crippen LogP contribution in [0.15, 0.2) is 18.5 Å². The van der Waals surface area contributed by atoms with Gasteiger partial charge in [0.05, 0.1) is 12.2 Å². The number of aromatic nitrogens is 2. The number of hydrogen-bond donors (Lipinski definition) is 1. The van der Waals surface area contributed by atoms with Crippen LogP contribution < -0.4 is 10.2 Å². The second-order valence-corrected chi connectivity index (χ2v) is 6.51. The van der Waals surface area contributed by atoms with Gasteiger partial charge in [-0.05, 0) is 18.4 Å². The van der Waals surface area contributed by atoms with Crippen LogP contribution in [0, 0.1) is 23.1 Å². The summed E-state index contributed by atoms with van der Waals surface area (Å²) in [6.07, 6.45) is 4.09. The SMILES string of the molecule is COCCN[C@@H]1C[C@H](C)CN(c2c(F)cc(C#N)c3nccnc23)C1. The molecule has 7 heteroatoms. The van der Waals surface area contributed by atoms with E-state index in [0.717, 1.165) is 19.5 Å². The Balaban J connectivity index is 1.95. The van der Waals surface area contributed by atoms with Crippen molar-refractivity contribution in [3.05, 3.63) is 29.8 Å². The van der Waals surface area contributed by atoms with Crippen molar-refractivity contribution in [3.63, 3.8) is 0 Å².